The lowest BCUT2D eigenvalue weighted by atomic mass is 9.51. The van der Waals surface area contributed by atoms with Crippen molar-refractivity contribution in [1.82, 2.24) is 0 Å². The first-order valence-corrected chi connectivity index (χ1v) is 13.4. The quantitative estimate of drug-likeness (QED) is 0.228. The smallest absolute Gasteiger partial charge is 0.409 e. The van der Waals surface area contributed by atoms with Gasteiger partial charge in [-0.25, -0.2) is 0 Å². The summed E-state index contributed by atoms with van der Waals surface area (Å²) in [5.41, 5.74) is 4.72. The minimum absolute atomic E-state index is 0.101. The predicted molar refractivity (Wildman–Crippen MR) is 138 cm³/mol. The van der Waals surface area contributed by atoms with Crippen molar-refractivity contribution >= 4 is 0 Å². The molecule has 2 aromatic rings. The van der Waals surface area contributed by atoms with Gasteiger partial charge < -0.3 is 4.74 Å². The van der Waals surface area contributed by atoms with Crippen LogP contribution < -0.4 is 4.74 Å². The number of halogens is 3. The summed E-state index contributed by atoms with van der Waals surface area (Å²) in [6.45, 7) is 2.18. The molecular weight excluding hydrogens is 445 g/mol. The normalized spacial score (nSPS) is 24.2. The summed E-state index contributed by atoms with van der Waals surface area (Å²) >= 11 is 0. The molecule has 3 aliphatic rings. The average molecular weight is 485 g/mol. The van der Waals surface area contributed by atoms with Crippen LogP contribution in [0.25, 0.3) is 11.1 Å². The van der Waals surface area contributed by atoms with E-state index in [9.17, 15) is 13.2 Å². The van der Waals surface area contributed by atoms with Gasteiger partial charge in [-0.05, 0) is 90.7 Å². The van der Waals surface area contributed by atoms with Crippen molar-refractivity contribution in [3.05, 3.63) is 66.2 Å². The number of unbranched alkanes of at least 4 members (excludes halogenated alkanes) is 4. The zero-order chi connectivity index (χ0) is 24.8. The van der Waals surface area contributed by atoms with Crippen LogP contribution in [0.3, 0.4) is 0 Å². The lowest BCUT2D eigenvalue weighted by molar-refractivity contribution is -0.0801. The Kier molecular flexibility index (Phi) is 8.29. The number of hydrogen-bond acceptors (Lipinski definition) is 1. The van der Waals surface area contributed by atoms with Gasteiger partial charge in [-0.2, -0.15) is 13.2 Å². The van der Waals surface area contributed by atoms with Gasteiger partial charge in [-0.3, -0.25) is 0 Å². The van der Waals surface area contributed by atoms with Crippen LogP contribution in [0.15, 0.2) is 60.7 Å². The number of alkyl halides is 3. The van der Waals surface area contributed by atoms with E-state index in [4.69, 9.17) is 4.74 Å². The molecule has 1 nitrogen and oxygen atoms in total. The van der Waals surface area contributed by atoms with Gasteiger partial charge >= 0.3 is 6.18 Å². The zero-order valence-corrected chi connectivity index (χ0v) is 21.0. The van der Waals surface area contributed by atoms with Crippen LogP contribution in [-0.2, 0) is 5.41 Å². The molecule has 3 aliphatic carbocycles. The summed E-state index contributed by atoms with van der Waals surface area (Å²) < 4.78 is 41.9. The summed E-state index contributed by atoms with van der Waals surface area (Å²) in [5, 5.41) is 0. The van der Waals surface area contributed by atoms with Gasteiger partial charge in [0, 0.05) is 6.08 Å². The van der Waals surface area contributed by atoms with E-state index < -0.39 is 6.18 Å². The SMILES string of the molecule is CCCCCCCC12CCC(c3ccc(-c4ccc(OCC=CC(F)(F)F)cc4)cc3)(CC1)CC2. The minimum Gasteiger partial charge on any atom is -0.490 e. The number of rotatable bonds is 11. The molecule has 0 aromatic heterocycles. The van der Waals surface area contributed by atoms with E-state index in [0.717, 1.165) is 17.2 Å². The molecule has 190 valence electrons. The van der Waals surface area contributed by atoms with Crippen molar-refractivity contribution in [3.63, 3.8) is 0 Å². The summed E-state index contributed by atoms with van der Waals surface area (Å²) in [4.78, 5) is 0. The Morgan fingerprint density at radius 2 is 1.34 bits per heavy atom. The lowest BCUT2D eigenvalue weighted by Gasteiger charge is -2.54. The van der Waals surface area contributed by atoms with Crippen LogP contribution >= 0.6 is 0 Å². The van der Waals surface area contributed by atoms with E-state index in [1.165, 1.54) is 82.6 Å². The summed E-state index contributed by atoms with van der Waals surface area (Å²) in [5.74, 6) is 0.564. The maximum absolute atomic E-state index is 12.2. The fourth-order valence-electron chi connectivity index (χ4n) is 6.26. The fraction of sp³-hybridized carbons (Fsp3) is 0.548. The highest BCUT2D eigenvalue weighted by Gasteiger charge is 2.48. The molecule has 0 unspecified atom stereocenters. The Hall–Kier alpha value is -2.23. The van der Waals surface area contributed by atoms with Gasteiger partial charge in [-0.1, -0.05) is 75.4 Å². The molecule has 0 spiro atoms. The fourth-order valence-corrected chi connectivity index (χ4v) is 6.26. The Labute approximate surface area is 208 Å². The molecule has 0 amide bonds. The van der Waals surface area contributed by atoms with Gasteiger partial charge in [-0.15, -0.1) is 0 Å². The monoisotopic (exact) mass is 484 g/mol. The van der Waals surface area contributed by atoms with Gasteiger partial charge in [0.25, 0.3) is 0 Å². The van der Waals surface area contributed by atoms with Crippen LogP contribution in [0.4, 0.5) is 13.2 Å². The molecule has 5 rings (SSSR count). The number of ether oxygens (including phenoxy) is 1. The van der Waals surface area contributed by atoms with Crippen molar-refractivity contribution in [2.24, 2.45) is 5.41 Å². The molecule has 4 heteroatoms. The zero-order valence-electron chi connectivity index (χ0n) is 21.0. The molecule has 0 radical (unpaired) electrons. The molecule has 35 heavy (non-hydrogen) atoms. The highest BCUT2D eigenvalue weighted by Crippen LogP contribution is 2.59. The Balaban J connectivity index is 1.31. The second kappa shape index (κ2) is 11.2. The van der Waals surface area contributed by atoms with E-state index in [1.54, 1.807) is 0 Å². The Morgan fingerprint density at radius 1 is 0.771 bits per heavy atom. The van der Waals surface area contributed by atoms with Crippen molar-refractivity contribution in [2.75, 3.05) is 6.61 Å². The van der Waals surface area contributed by atoms with Crippen LogP contribution in [0.5, 0.6) is 5.75 Å². The maximum Gasteiger partial charge on any atom is 0.409 e. The molecule has 3 saturated carbocycles. The summed E-state index contributed by atoms with van der Waals surface area (Å²) in [7, 11) is 0. The number of fused-ring (bicyclic) bond motifs is 3. The molecule has 3 fully saturated rings. The molecule has 0 heterocycles. The molecule has 2 aromatic carbocycles. The van der Waals surface area contributed by atoms with Crippen LogP contribution in [-0.4, -0.2) is 12.8 Å². The second-order valence-electron chi connectivity index (χ2n) is 10.8. The number of hydrogen-bond donors (Lipinski definition) is 0. The van der Waals surface area contributed by atoms with Gasteiger partial charge in [0.15, 0.2) is 0 Å². The molecule has 0 N–H and O–H groups in total. The Bertz CT molecular complexity index is 932. The first-order chi connectivity index (χ1) is 16.8. The first-order valence-electron chi connectivity index (χ1n) is 13.4. The van der Waals surface area contributed by atoms with E-state index in [0.29, 0.717) is 16.6 Å². The maximum atomic E-state index is 12.2. The van der Waals surface area contributed by atoms with E-state index >= 15 is 0 Å². The molecular formula is C31H39F3O. The second-order valence-corrected chi connectivity index (χ2v) is 10.8. The minimum atomic E-state index is -4.30. The van der Waals surface area contributed by atoms with Crippen LogP contribution in [0.2, 0.25) is 0 Å². The van der Waals surface area contributed by atoms with Crippen molar-refractivity contribution in [3.8, 4) is 16.9 Å². The topological polar surface area (TPSA) is 9.23 Å². The third-order valence-corrected chi connectivity index (χ3v) is 8.55. The van der Waals surface area contributed by atoms with Gasteiger partial charge in [0.05, 0.1) is 0 Å². The highest BCUT2D eigenvalue weighted by molar-refractivity contribution is 5.64. The summed E-state index contributed by atoms with van der Waals surface area (Å²) in [6, 6.07) is 16.6. The van der Waals surface area contributed by atoms with Crippen LogP contribution in [0.1, 0.15) is 89.5 Å². The predicted octanol–water partition coefficient (Wildman–Crippen LogP) is 9.80. The molecule has 0 atom stereocenters. The molecule has 0 saturated heterocycles. The molecule has 2 bridgehead atoms. The number of benzene rings is 2. The lowest BCUT2D eigenvalue weighted by Crippen LogP contribution is -2.44. The van der Waals surface area contributed by atoms with E-state index in [1.807, 2.05) is 24.3 Å². The van der Waals surface area contributed by atoms with Gasteiger partial charge in [0.1, 0.15) is 12.4 Å². The summed E-state index contributed by atoms with van der Waals surface area (Å²) in [6.07, 6.45) is 13.4. The third-order valence-electron chi connectivity index (χ3n) is 8.55. The molecule has 0 aliphatic heterocycles. The van der Waals surface area contributed by atoms with Crippen molar-refractivity contribution in [2.45, 2.75) is 95.6 Å². The van der Waals surface area contributed by atoms with E-state index in [2.05, 4.69) is 31.2 Å². The van der Waals surface area contributed by atoms with Crippen molar-refractivity contribution < 1.29 is 17.9 Å². The van der Waals surface area contributed by atoms with Gasteiger partial charge in [0.2, 0.25) is 0 Å². The first kappa shape index (κ1) is 25.9. The highest BCUT2D eigenvalue weighted by atomic mass is 19.4. The van der Waals surface area contributed by atoms with E-state index in [-0.39, 0.29) is 12.7 Å². The average Bonchev–Trinajstić information content (AvgIpc) is 2.88. The standard InChI is InChI=1S/C31H39F3O/c1-2-3-4-5-6-16-29-18-21-30(22-19-29,23-20-29)27-12-8-25(9-13-27)26-10-14-28(15-11-26)35-24-7-17-31(32,33)34/h7-15,17H,2-6,16,18-24H2,1H3. The largest absolute Gasteiger partial charge is 0.490 e. The van der Waals surface area contributed by atoms with Crippen LogP contribution in [0, 0.1) is 5.41 Å². The van der Waals surface area contributed by atoms with Crippen molar-refractivity contribution in [1.29, 1.82) is 0 Å². The number of allylic oxidation sites excluding steroid dienone is 1. The third kappa shape index (κ3) is 6.71. The Morgan fingerprint density at radius 3 is 1.91 bits per heavy atom.